The highest BCUT2D eigenvalue weighted by molar-refractivity contribution is 7.09. The minimum absolute atomic E-state index is 0.168. The van der Waals surface area contributed by atoms with Crippen LogP contribution < -0.4 is 5.32 Å². The lowest BCUT2D eigenvalue weighted by molar-refractivity contribution is 0.514. The van der Waals surface area contributed by atoms with Crippen LogP contribution in [0, 0.1) is 11.7 Å². The van der Waals surface area contributed by atoms with Gasteiger partial charge in [-0.3, -0.25) is 0 Å². The fourth-order valence-corrected chi connectivity index (χ4v) is 3.05. The third-order valence-corrected chi connectivity index (χ3v) is 4.21. The number of thiophene rings is 1. The van der Waals surface area contributed by atoms with Gasteiger partial charge in [0.25, 0.3) is 0 Å². The van der Waals surface area contributed by atoms with Gasteiger partial charge in [-0.15, -0.1) is 11.3 Å². The molecule has 1 unspecified atom stereocenters. The molecule has 108 valence electrons. The molecule has 2 aromatic rings. The Morgan fingerprint density at radius 3 is 2.45 bits per heavy atom. The first-order valence-corrected chi connectivity index (χ1v) is 8.01. The molecular weight excluding hydrogens is 269 g/mol. The van der Waals surface area contributed by atoms with Crippen molar-refractivity contribution in [3.8, 4) is 0 Å². The van der Waals surface area contributed by atoms with E-state index in [9.17, 15) is 4.39 Å². The summed E-state index contributed by atoms with van der Waals surface area (Å²) in [6.07, 6.45) is 1.01. The van der Waals surface area contributed by atoms with Crippen LogP contribution in [0.1, 0.15) is 30.2 Å². The Hall–Kier alpha value is -1.19. The molecule has 0 saturated carbocycles. The summed E-state index contributed by atoms with van der Waals surface area (Å²) in [7, 11) is 0. The van der Waals surface area contributed by atoms with Crippen molar-refractivity contribution >= 4 is 11.3 Å². The van der Waals surface area contributed by atoms with Gasteiger partial charge >= 0.3 is 0 Å². The Morgan fingerprint density at radius 1 is 1.10 bits per heavy atom. The van der Waals surface area contributed by atoms with Crippen molar-refractivity contribution < 1.29 is 4.39 Å². The maximum Gasteiger partial charge on any atom is 0.123 e. The number of rotatable bonds is 7. The predicted molar refractivity (Wildman–Crippen MR) is 84.9 cm³/mol. The molecule has 3 heteroatoms. The van der Waals surface area contributed by atoms with Gasteiger partial charge in [-0.2, -0.15) is 0 Å². The Morgan fingerprint density at radius 2 is 1.85 bits per heavy atom. The first-order valence-electron chi connectivity index (χ1n) is 7.13. The Kier molecular flexibility index (Phi) is 5.74. The smallest absolute Gasteiger partial charge is 0.123 e. The average molecular weight is 291 g/mol. The van der Waals surface area contributed by atoms with Crippen LogP contribution in [0.5, 0.6) is 0 Å². The summed E-state index contributed by atoms with van der Waals surface area (Å²) in [5.74, 6) is 0.873. The maximum atomic E-state index is 13.1. The SMILES string of the molecule is CC(C)CNCC(Cc1cccs1)c1ccc(F)cc1. The molecule has 1 aromatic carbocycles. The monoisotopic (exact) mass is 291 g/mol. The van der Waals surface area contributed by atoms with Gasteiger partial charge < -0.3 is 5.32 Å². The summed E-state index contributed by atoms with van der Waals surface area (Å²) in [6, 6.07) is 11.2. The highest BCUT2D eigenvalue weighted by Gasteiger charge is 2.13. The molecule has 0 bridgehead atoms. The fraction of sp³-hybridized carbons (Fsp3) is 0.412. The molecule has 0 spiro atoms. The van der Waals surface area contributed by atoms with Crippen molar-refractivity contribution in [1.29, 1.82) is 0 Å². The largest absolute Gasteiger partial charge is 0.316 e. The van der Waals surface area contributed by atoms with Gasteiger partial charge in [0.2, 0.25) is 0 Å². The first kappa shape index (κ1) is 15.2. The third-order valence-electron chi connectivity index (χ3n) is 3.31. The lowest BCUT2D eigenvalue weighted by atomic mass is 9.94. The van der Waals surface area contributed by atoms with Gasteiger partial charge in [-0.05, 0) is 48.0 Å². The average Bonchev–Trinajstić information content (AvgIpc) is 2.91. The van der Waals surface area contributed by atoms with Gasteiger partial charge in [0, 0.05) is 17.3 Å². The van der Waals surface area contributed by atoms with Crippen molar-refractivity contribution in [3.63, 3.8) is 0 Å². The van der Waals surface area contributed by atoms with Crippen LogP contribution in [0.3, 0.4) is 0 Å². The predicted octanol–water partition coefficient (Wildman–Crippen LogP) is 4.46. The molecule has 20 heavy (non-hydrogen) atoms. The summed E-state index contributed by atoms with van der Waals surface area (Å²) >= 11 is 1.79. The standard InChI is InChI=1S/C17H22FNS/c1-13(2)11-19-12-15(10-17-4-3-9-20-17)14-5-7-16(18)8-6-14/h3-9,13,15,19H,10-12H2,1-2H3. The quantitative estimate of drug-likeness (QED) is 0.794. The molecule has 0 saturated heterocycles. The van der Waals surface area contributed by atoms with Gasteiger partial charge in [0.1, 0.15) is 5.82 Å². The second kappa shape index (κ2) is 7.55. The summed E-state index contributed by atoms with van der Waals surface area (Å²) in [5, 5.41) is 5.63. The lowest BCUT2D eigenvalue weighted by Crippen LogP contribution is -2.26. The van der Waals surface area contributed by atoms with E-state index in [1.165, 1.54) is 10.4 Å². The Bertz CT molecular complexity index is 490. The zero-order valence-electron chi connectivity index (χ0n) is 12.1. The van der Waals surface area contributed by atoms with E-state index < -0.39 is 0 Å². The lowest BCUT2D eigenvalue weighted by Gasteiger charge is -2.18. The molecule has 0 amide bonds. The van der Waals surface area contributed by atoms with Gasteiger partial charge in [0.15, 0.2) is 0 Å². The van der Waals surface area contributed by atoms with Crippen LogP contribution >= 0.6 is 11.3 Å². The molecule has 0 radical (unpaired) electrons. The van der Waals surface area contributed by atoms with E-state index in [0.717, 1.165) is 19.5 Å². The molecule has 1 atom stereocenters. The van der Waals surface area contributed by atoms with Crippen LogP contribution in [0.2, 0.25) is 0 Å². The number of benzene rings is 1. The number of hydrogen-bond donors (Lipinski definition) is 1. The highest BCUT2D eigenvalue weighted by Crippen LogP contribution is 2.23. The number of nitrogens with one attached hydrogen (secondary N) is 1. The normalized spacial score (nSPS) is 12.8. The summed E-state index contributed by atoms with van der Waals surface area (Å²) in [4.78, 5) is 1.38. The molecule has 1 heterocycles. The van der Waals surface area contributed by atoms with Crippen LogP contribution in [-0.4, -0.2) is 13.1 Å². The van der Waals surface area contributed by atoms with E-state index in [1.54, 1.807) is 23.5 Å². The highest BCUT2D eigenvalue weighted by atomic mass is 32.1. The molecule has 1 N–H and O–H groups in total. The topological polar surface area (TPSA) is 12.0 Å². The number of halogens is 1. The van der Waals surface area contributed by atoms with Crippen LogP contribution in [0.25, 0.3) is 0 Å². The van der Waals surface area contributed by atoms with E-state index >= 15 is 0 Å². The van der Waals surface area contributed by atoms with Gasteiger partial charge in [-0.25, -0.2) is 4.39 Å². The van der Waals surface area contributed by atoms with Crippen molar-refractivity contribution in [2.24, 2.45) is 5.92 Å². The Labute approximate surface area is 124 Å². The molecule has 0 aliphatic rings. The van der Waals surface area contributed by atoms with E-state index in [4.69, 9.17) is 0 Å². The van der Waals surface area contributed by atoms with Gasteiger partial charge in [0.05, 0.1) is 0 Å². The minimum atomic E-state index is -0.168. The summed E-state index contributed by atoms with van der Waals surface area (Å²) < 4.78 is 13.1. The zero-order chi connectivity index (χ0) is 14.4. The van der Waals surface area contributed by atoms with Crippen molar-refractivity contribution in [2.45, 2.75) is 26.2 Å². The molecule has 0 aliphatic heterocycles. The molecular formula is C17H22FNS. The molecule has 1 aromatic heterocycles. The van der Waals surface area contributed by atoms with Crippen molar-refractivity contribution in [2.75, 3.05) is 13.1 Å². The summed E-state index contributed by atoms with van der Waals surface area (Å²) in [5.41, 5.74) is 1.20. The van der Waals surface area contributed by atoms with E-state index in [-0.39, 0.29) is 5.82 Å². The fourth-order valence-electron chi connectivity index (χ4n) is 2.26. The second-order valence-electron chi connectivity index (χ2n) is 5.58. The van der Waals surface area contributed by atoms with Gasteiger partial charge in [-0.1, -0.05) is 32.0 Å². The van der Waals surface area contributed by atoms with Crippen LogP contribution in [0.4, 0.5) is 4.39 Å². The summed E-state index contributed by atoms with van der Waals surface area (Å²) in [6.45, 7) is 6.36. The molecule has 0 aliphatic carbocycles. The molecule has 1 nitrogen and oxygen atoms in total. The van der Waals surface area contributed by atoms with Crippen LogP contribution in [-0.2, 0) is 6.42 Å². The Balaban J connectivity index is 2.04. The van der Waals surface area contributed by atoms with Crippen LogP contribution in [0.15, 0.2) is 41.8 Å². The zero-order valence-corrected chi connectivity index (χ0v) is 12.9. The van der Waals surface area contributed by atoms with E-state index in [1.807, 2.05) is 12.1 Å². The molecule has 0 fully saturated rings. The minimum Gasteiger partial charge on any atom is -0.316 e. The molecule has 2 rings (SSSR count). The van der Waals surface area contributed by atoms with Crippen molar-refractivity contribution in [1.82, 2.24) is 5.32 Å². The van der Waals surface area contributed by atoms with E-state index in [0.29, 0.717) is 11.8 Å². The van der Waals surface area contributed by atoms with E-state index in [2.05, 4.69) is 36.7 Å². The maximum absolute atomic E-state index is 13.1. The van der Waals surface area contributed by atoms with Crippen molar-refractivity contribution in [3.05, 3.63) is 58.0 Å². The third kappa shape index (κ3) is 4.73. The second-order valence-corrected chi connectivity index (χ2v) is 6.62. The number of hydrogen-bond acceptors (Lipinski definition) is 2. The first-order chi connectivity index (χ1) is 9.65.